The molecule has 34 heavy (non-hydrogen) atoms. The van der Waals surface area contributed by atoms with E-state index >= 15 is 0 Å². The van der Waals surface area contributed by atoms with E-state index in [9.17, 15) is 9.90 Å². The molecule has 0 radical (unpaired) electrons. The van der Waals surface area contributed by atoms with Gasteiger partial charge in [-0.2, -0.15) is 0 Å². The van der Waals surface area contributed by atoms with Crippen molar-refractivity contribution in [3.8, 4) is 0 Å². The van der Waals surface area contributed by atoms with Crippen LogP contribution in [-0.4, -0.2) is 16.6 Å². The van der Waals surface area contributed by atoms with E-state index in [2.05, 4.69) is 12.1 Å². The van der Waals surface area contributed by atoms with Gasteiger partial charge in [-0.1, -0.05) is 78.5 Å². The minimum atomic E-state index is -0.194. The number of aliphatic hydroxyl groups is 1. The maximum atomic E-state index is 13.3. The van der Waals surface area contributed by atoms with E-state index in [1.807, 2.05) is 48.5 Å². The minimum absolute atomic E-state index is 0.0586. The number of oxime groups is 1. The van der Waals surface area contributed by atoms with Crippen molar-refractivity contribution < 1.29 is 14.7 Å². The minimum Gasteiger partial charge on any atom is -0.511 e. The largest absolute Gasteiger partial charge is 0.511 e. The fourth-order valence-corrected chi connectivity index (χ4v) is 5.79. The number of carbonyl (C=O) groups excluding carboxylic acids is 1. The average Bonchev–Trinajstić information content (AvgIpc) is 3.23. The molecule has 178 valence electrons. The number of Topliss-reactive ketones (excluding diaryl/α,β-unsaturated/α-hetero) is 1. The van der Waals surface area contributed by atoms with Crippen molar-refractivity contribution in [3.63, 3.8) is 0 Å². The van der Waals surface area contributed by atoms with Crippen LogP contribution in [0.25, 0.3) is 10.8 Å². The molecule has 2 aromatic carbocycles. The first-order valence-electron chi connectivity index (χ1n) is 11.5. The molecule has 1 aliphatic rings. The number of ketones is 1. The number of allylic oxidation sites excluding steroid dienone is 2. The number of benzene rings is 2. The molecule has 3 aromatic rings. The molecule has 4 rings (SSSR count). The Morgan fingerprint density at radius 2 is 1.94 bits per heavy atom. The smallest absolute Gasteiger partial charge is 0.168 e. The van der Waals surface area contributed by atoms with Gasteiger partial charge in [0.05, 0.1) is 15.6 Å². The Morgan fingerprint density at radius 3 is 2.68 bits per heavy atom. The molecule has 1 aliphatic carbocycles. The van der Waals surface area contributed by atoms with Gasteiger partial charge in [0.25, 0.3) is 0 Å². The molecule has 0 amide bonds. The average molecular weight is 516 g/mol. The summed E-state index contributed by atoms with van der Waals surface area (Å²) in [5.74, 6) is -0.264. The molecule has 0 saturated carbocycles. The third kappa shape index (κ3) is 5.65. The van der Waals surface area contributed by atoms with Crippen molar-refractivity contribution >= 4 is 56.8 Å². The molecule has 0 spiro atoms. The normalized spacial score (nSPS) is 17.0. The van der Waals surface area contributed by atoms with Crippen LogP contribution in [-0.2, 0) is 16.2 Å². The van der Waals surface area contributed by atoms with Crippen molar-refractivity contribution in [2.75, 3.05) is 0 Å². The predicted octanol–water partition coefficient (Wildman–Crippen LogP) is 8.62. The predicted molar refractivity (Wildman–Crippen MR) is 141 cm³/mol. The van der Waals surface area contributed by atoms with E-state index in [0.717, 1.165) is 40.5 Å². The van der Waals surface area contributed by atoms with Gasteiger partial charge in [-0.25, -0.2) is 0 Å². The SMILES string of the molecule is CCCCC/C(=N\OCc1ccc(Cl)s1)C1=C(O)CC(c2c(Cl)ccc3ccccc23)CC1=O. The van der Waals surface area contributed by atoms with Gasteiger partial charge in [0.15, 0.2) is 12.4 Å². The van der Waals surface area contributed by atoms with E-state index in [4.69, 9.17) is 28.0 Å². The second kappa shape index (κ2) is 11.4. The maximum absolute atomic E-state index is 13.3. The highest BCUT2D eigenvalue weighted by atomic mass is 35.5. The number of rotatable bonds is 9. The maximum Gasteiger partial charge on any atom is 0.168 e. The lowest BCUT2D eigenvalue weighted by atomic mass is 9.79. The van der Waals surface area contributed by atoms with Crippen molar-refractivity contribution in [2.24, 2.45) is 5.16 Å². The molecular weight excluding hydrogens is 489 g/mol. The summed E-state index contributed by atoms with van der Waals surface area (Å²) in [6, 6.07) is 15.5. The van der Waals surface area contributed by atoms with Crippen LogP contribution in [0.5, 0.6) is 0 Å². The van der Waals surface area contributed by atoms with Gasteiger partial charge >= 0.3 is 0 Å². The Bertz CT molecular complexity index is 1250. The van der Waals surface area contributed by atoms with E-state index < -0.39 is 0 Å². The molecule has 1 atom stereocenters. The van der Waals surface area contributed by atoms with E-state index in [1.165, 1.54) is 11.3 Å². The quantitative estimate of drug-likeness (QED) is 0.176. The zero-order chi connectivity index (χ0) is 24.1. The molecule has 0 saturated heterocycles. The molecule has 0 bridgehead atoms. The molecule has 0 aliphatic heterocycles. The van der Waals surface area contributed by atoms with Crippen LogP contribution in [0.2, 0.25) is 9.36 Å². The van der Waals surface area contributed by atoms with E-state index in [1.54, 1.807) is 0 Å². The Balaban J connectivity index is 1.61. The van der Waals surface area contributed by atoms with Crippen molar-refractivity contribution in [1.29, 1.82) is 0 Å². The lowest BCUT2D eigenvalue weighted by Crippen LogP contribution is -2.24. The molecule has 1 heterocycles. The van der Waals surface area contributed by atoms with Crippen LogP contribution < -0.4 is 0 Å². The van der Waals surface area contributed by atoms with E-state index in [-0.39, 0.29) is 30.5 Å². The Kier molecular flexibility index (Phi) is 8.30. The second-order valence-corrected chi connectivity index (χ2v) is 10.7. The number of unbranched alkanes of at least 4 members (excludes halogenated alkanes) is 2. The summed E-state index contributed by atoms with van der Waals surface area (Å²) in [6.45, 7) is 2.39. The fourth-order valence-electron chi connectivity index (χ4n) is 4.47. The summed E-state index contributed by atoms with van der Waals surface area (Å²) in [5, 5.41) is 18.0. The molecule has 0 fully saturated rings. The number of fused-ring (bicyclic) bond motifs is 1. The zero-order valence-electron chi connectivity index (χ0n) is 19.0. The highest BCUT2D eigenvalue weighted by Crippen LogP contribution is 2.41. The lowest BCUT2D eigenvalue weighted by Gasteiger charge is -2.26. The first-order chi connectivity index (χ1) is 16.5. The van der Waals surface area contributed by atoms with Gasteiger partial charge in [-0.15, -0.1) is 11.3 Å². The molecule has 1 aromatic heterocycles. The highest BCUT2D eigenvalue weighted by molar-refractivity contribution is 7.16. The summed E-state index contributed by atoms with van der Waals surface area (Å²) < 4.78 is 0.687. The van der Waals surface area contributed by atoms with Gasteiger partial charge in [0, 0.05) is 28.7 Å². The molecule has 4 nitrogen and oxygen atoms in total. The topological polar surface area (TPSA) is 58.9 Å². The summed E-state index contributed by atoms with van der Waals surface area (Å²) in [4.78, 5) is 19.9. The number of hydrogen-bond donors (Lipinski definition) is 1. The van der Waals surface area contributed by atoms with E-state index in [0.29, 0.717) is 33.5 Å². The number of carbonyl (C=O) groups is 1. The highest BCUT2D eigenvalue weighted by Gasteiger charge is 2.33. The van der Waals surface area contributed by atoms with Crippen LogP contribution in [0.1, 0.15) is 61.8 Å². The van der Waals surface area contributed by atoms with Crippen molar-refractivity contribution in [3.05, 3.63) is 79.7 Å². The van der Waals surface area contributed by atoms with Gasteiger partial charge in [-0.3, -0.25) is 4.79 Å². The van der Waals surface area contributed by atoms with Crippen LogP contribution in [0.15, 0.2) is 65.0 Å². The standard InChI is InChI=1S/C27H27Cl2NO3S/c1-2-3-4-9-22(30-33-16-19-11-13-25(29)34-19)27-23(31)14-18(15-24(27)32)26-20-8-6-5-7-17(20)10-12-21(26)28/h5-8,10-13,18,31H,2-4,9,14-16H2,1H3/b30-22+. The van der Waals surface area contributed by atoms with Gasteiger partial charge in [-0.05, 0) is 47.4 Å². The molecular formula is C27H27Cl2NO3S. The lowest BCUT2D eigenvalue weighted by molar-refractivity contribution is -0.116. The summed E-state index contributed by atoms with van der Waals surface area (Å²) >= 11 is 14.0. The number of nitrogens with zero attached hydrogens (tertiary/aromatic N) is 1. The number of aliphatic hydroxyl groups excluding tert-OH is 1. The van der Waals surface area contributed by atoms with Gasteiger partial charge in [0.1, 0.15) is 5.76 Å². The van der Waals surface area contributed by atoms with Gasteiger partial charge in [0.2, 0.25) is 0 Å². The summed E-state index contributed by atoms with van der Waals surface area (Å²) in [7, 11) is 0. The third-order valence-electron chi connectivity index (χ3n) is 6.08. The van der Waals surface area contributed by atoms with Crippen LogP contribution in [0.4, 0.5) is 0 Å². The Hall–Kier alpha value is -2.34. The Morgan fingerprint density at radius 1 is 1.12 bits per heavy atom. The monoisotopic (exact) mass is 515 g/mol. The summed E-state index contributed by atoms with van der Waals surface area (Å²) in [5.41, 5.74) is 1.73. The van der Waals surface area contributed by atoms with Gasteiger partial charge < -0.3 is 9.94 Å². The second-order valence-electron chi connectivity index (χ2n) is 8.51. The number of halogens is 2. The molecule has 1 N–H and O–H groups in total. The van der Waals surface area contributed by atoms with Crippen LogP contribution in [0.3, 0.4) is 0 Å². The Labute approximate surface area is 213 Å². The first kappa shape index (κ1) is 24.8. The van der Waals surface area contributed by atoms with Crippen molar-refractivity contribution in [1.82, 2.24) is 0 Å². The number of hydrogen-bond acceptors (Lipinski definition) is 5. The molecule has 7 heteroatoms. The first-order valence-corrected chi connectivity index (χ1v) is 13.1. The van der Waals surface area contributed by atoms with Crippen LogP contribution in [0, 0.1) is 0 Å². The zero-order valence-corrected chi connectivity index (χ0v) is 21.3. The fraction of sp³-hybridized carbons (Fsp3) is 0.333. The van der Waals surface area contributed by atoms with Crippen LogP contribution >= 0.6 is 34.5 Å². The van der Waals surface area contributed by atoms with Crippen molar-refractivity contribution in [2.45, 2.75) is 58.0 Å². The third-order valence-corrected chi connectivity index (χ3v) is 7.62. The number of thiophene rings is 1. The molecule has 1 unspecified atom stereocenters. The summed E-state index contributed by atoms with van der Waals surface area (Å²) in [6.07, 6.45) is 4.09.